The summed E-state index contributed by atoms with van der Waals surface area (Å²) in [4.78, 5) is 63.5. The molecule has 4 amide bonds. The molecule has 0 heterocycles. The molecule has 0 aromatic heterocycles. The SMILES string of the molecule is C=C/C(=C\C=C(/C=C)C(OC(C)=O)C(N)=O)NC(=O)[C@H](CC1(C)CC1(C)O)NC(=O)C1(C(=O)NCCCCCC)CCC1. The Balaban J connectivity index is 2.25. The number of ether oxygens (including phenoxy) is 1. The molecule has 2 saturated carbocycles. The number of rotatable bonds is 18. The maximum absolute atomic E-state index is 13.6. The van der Waals surface area contributed by atoms with E-state index in [0.29, 0.717) is 25.8 Å². The monoisotopic (exact) mass is 600 g/mol. The van der Waals surface area contributed by atoms with Crippen LogP contribution >= 0.6 is 0 Å². The van der Waals surface area contributed by atoms with Gasteiger partial charge in [-0.1, -0.05) is 64.8 Å². The molecule has 0 bridgehead atoms. The number of carbonyl (C=O) groups is 5. The Morgan fingerprint density at radius 1 is 1.02 bits per heavy atom. The van der Waals surface area contributed by atoms with Crippen LogP contribution in [0.25, 0.3) is 0 Å². The van der Waals surface area contributed by atoms with E-state index >= 15 is 0 Å². The van der Waals surface area contributed by atoms with Crippen LogP contribution in [0.2, 0.25) is 0 Å². The predicted molar refractivity (Wildman–Crippen MR) is 163 cm³/mol. The van der Waals surface area contributed by atoms with Gasteiger partial charge in [0.25, 0.3) is 5.91 Å². The fourth-order valence-corrected chi connectivity index (χ4v) is 5.27. The van der Waals surface area contributed by atoms with Crippen LogP contribution in [-0.2, 0) is 28.7 Å². The van der Waals surface area contributed by atoms with Crippen LogP contribution in [0.1, 0.15) is 85.5 Å². The van der Waals surface area contributed by atoms with Gasteiger partial charge < -0.3 is 31.5 Å². The van der Waals surface area contributed by atoms with E-state index in [1.165, 1.54) is 24.3 Å². The van der Waals surface area contributed by atoms with Crippen LogP contribution in [0.5, 0.6) is 0 Å². The third kappa shape index (κ3) is 9.13. The predicted octanol–water partition coefficient (Wildman–Crippen LogP) is 2.60. The van der Waals surface area contributed by atoms with Crippen molar-refractivity contribution in [3.63, 3.8) is 0 Å². The quantitative estimate of drug-likeness (QED) is 0.0695. The minimum Gasteiger partial charge on any atom is -0.447 e. The third-order valence-corrected chi connectivity index (χ3v) is 8.60. The summed E-state index contributed by atoms with van der Waals surface area (Å²) in [5.74, 6) is -3.03. The van der Waals surface area contributed by atoms with E-state index in [9.17, 15) is 29.1 Å². The molecule has 3 unspecified atom stereocenters. The number of unbranched alkanes of at least 4 members (excludes halogenated alkanes) is 3. The van der Waals surface area contributed by atoms with E-state index < -0.39 is 52.3 Å². The lowest BCUT2D eigenvalue weighted by atomic mass is 9.67. The van der Waals surface area contributed by atoms with Crippen LogP contribution in [-0.4, -0.2) is 59.0 Å². The summed E-state index contributed by atoms with van der Waals surface area (Å²) in [5.41, 5.74) is 2.89. The Morgan fingerprint density at radius 2 is 1.67 bits per heavy atom. The summed E-state index contributed by atoms with van der Waals surface area (Å²) in [6.45, 7) is 14.6. The van der Waals surface area contributed by atoms with Crippen LogP contribution in [0.15, 0.2) is 48.7 Å². The topological polar surface area (TPSA) is 177 Å². The number of nitrogens with two attached hydrogens (primary N) is 1. The lowest BCUT2D eigenvalue weighted by molar-refractivity contribution is -0.151. The Hall–Kier alpha value is -3.73. The van der Waals surface area contributed by atoms with Crippen molar-refractivity contribution in [2.75, 3.05) is 6.54 Å². The average Bonchev–Trinajstić information content (AvgIpc) is 3.41. The lowest BCUT2D eigenvalue weighted by Crippen LogP contribution is -2.59. The van der Waals surface area contributed by atoms with E-state index in [4.69, 9.17) is 10.5 Å². The molecular weight excluding hydrogens is 552 g/mol. The first kappa shape index (κ1) is 35.5. The van der Waals surface area contributed by atoms with Crippen molar-refractivity contribution in [3.05, 3.63) is 48.7 Å². The van der Waals surface area contributed by atoms with Gasteiger partial charge in [-0.15, -0.1) is 0 Å². The molecule has 43 heavy (non-hydrogen) atoms. The molecule has 0 saturated heterocycles. The zero-order chi connectivity index (χ0) is 32.4. The lowest BCUT2D eigenvalue weighted by Gasteiger charge is -2.39. The van der Waals surface area contributed by atoms with Crippen LogP contribution in [0, 0.1) is 10.8 Å². The molecule has 238 valence electrons. The molecule has 11 nitrogen and oxygen atoms in total. The first-order valence-electron chi connectivity index (χ1n) is 14.9. The first-order chi connectivity index (χ1) is 20.2. The Labute approximate surface area is 254 Å². The fraction of sp³-hybridized carbons (Fsp3) is 0.594. The van der Waals surface area contributed by atoms with Crippen LogP contribution in [0.3, 0.4) is 0 Å². The number of hydrogen-bond donors (Lipinski definition) is 5. The van der Waals surface area contributed by atoms with Gasteiger partial charge in [0.05, 0.1) is 5.60 Å². The van der Waals surface area contributed by atoms with Crippen LogP contribution < -0.4 is 21.7 Å². The first-order valence-corrected chi connectivity index (χ1v) is 14.9. The average molecular weight is 601 g/mol. The van der Waals surface area contributed by atoms with Gasteiger partial charge in [0.2, 0.25) is 23.8 Å². The molecule has 0 aromatic carbocycles. The number of nitrogens with one attached hydrogen (secondary N) is 3. The van der Waals surface area contributed by atoms with Crippen molar-refractivity contribution in [2.45, 2.75) is 103 Å². The summed E-state index contributed by atoms with van der Waals surface area (Å²) in [5, 5.41) is 19.0. The van der Waals surface area contributed by atoms with E-state index in [1.54, 1.807) is 6.92 Å². The second-order valence-electron chi connectivity index (χ2n) is 12.1. The Bertz CT molecular complexity index is 1170. The highest BCUT2D eigenvalue weighted by molar-refractivity contribution is 6.07. The fourth-order valence-electron chi connectivity index (χ4n) is 5.27. The third-order valence-electron chi connectivity index (χ3n) is 8.60. The highest BCUT2D eigenvalue weighted by atomic mass is 16.5. The maximum atomic E-state index is 13.6. The van der Waals surface area contributed by atoms with E-state index in [1.807, 2.05) is 6.92 Å². The molecule has 4 atom stereocenters. The summed E-state index contributed by atoms with van der Waals surface area (Å²) in [7, 11) is 0. The minimum atomic E-state index is -1.38. The van der Waals surface area contributed by atoms with Crippen LogP contribution in [0.4, 0.5) is 0 Å². The van der Waals surface area contributed by atoms with Gasteiger partial charge in [0.1, 0.15) is 11.5 Å². The van der Waals surface area contributed by atoms with Gasteiger partial charge in [-0.25, -0.2) is 0 Å². The Kier molecular flexibility index (Phi) is 12.5. The zero-order valence-corrected chi connectivity index (χ0v) is 25.9. The minimum absolute atomic E-state index is 0.140. The summed E-state index contributed by atoms with van der Waals surface area (Å²) < 4.78 is 4.98. The van der Waals surface area contributed by atoms with Crippen molar-refractivity contribution < 1.29 is 33.8 Å². The Morgan fingerprint density at radius 3 is 2.14 bits per heavy atom. The van der Waals surface area contributed by atoms with Crippen molar-refractivity contribution in [1.82, 2.24) is 16.0 Å². The largest absolute Gasteiger partial charge is 0.447 e. The maximum Gasteiger partial charge on any atom is 0.303 e. The number of carbonyl (C=O) groups excluding carboxylic acids is 5. The summed E-state index contributed by atoms with van der Waals surface area (Å²) in [6.07, 6.45) is 10.2. The van der Waals surface area contributed by atoms with Crippen molar-refractivity contribution in [3.8, 4) is 0 Å². The van der Waals surface area contributed by atoms with Gasteiger partial charge in [-0.2, -0.15) is 0 Å². The van der Waals surface area contributed by atoms with Gasteiger partial charge in [-0.3, -0.25) is 24.0 Å². The highest BCUT2D eigenvalue weighted by Crippen LogP contribution is 2.58. The number of allylic oxidation sites excluding steroid dienone is 3. The molecule has 2 fully saturated rings. The number of esters is 1. The smallest absolute Gasteiger partial charge is 0.303 e. The van der Waals surface area contributed by atoms with Gasteiger partial charge in [0, 0.05) is 30.2 Å². The molecule has 6 N–H and O–H groups in total. The number of primary amides is 1. The van der Waals surface area contributed by atoms with Gasteiger partial charge in [-0.05, 0) is 51.2 Å². The molecule has 2 rings (SSSR count). The van der Waals surface area contributed by atoms with Gasteiger partial charge in [0.15, 0.2) is 0 Å². The molecule has 0 radical (unpaired) electrons. The molecule has 0 aromatic rings. The number of hydrogen-bond acceptors (Lipinski definition) is 7. The summed E-state index contributed by atoms with van der Waals surface area (Å²) >= 11 is 0. The normalized spacial score (nSPS) is 23.9. The van der Waals surface area contributed by atoms with Crippen molar-refractivity contribution >= 4 is 29.6 Å². The van der Waals surface area contributed by atoms with E-state index in [2.05, 4.69) is 36.0 Å². The molecule has 2 aliphatic rings. The zero-order valence-electron chi connectivity index (χ0n) is 25.9. The number of amides is 4. The molecule has 0 spiro atoms. The highest BCUT2D eigenvalue weighted by Gasteiger charge is 2.61. The number of aliphatic hydroxyl groups is 1. The molecule has 2 aliphatic carbocycles. The second kappa shape index (κ2) is 15.1. The van der Waals surface area contributed by atoms with E-state index in [-0.39, 0.29) is 23.6 Å². The standard InChI is InChI=1S/C32H48N4O7/c1-7-10-11-12-18-34-28(40)32(16-13-17-32)29(41)36-24(19-30(5)20-31(30,6)42)27(39)35-23(9-3)15-14-22(8-2)25(26(33)38)43-21(4)37/h8-9,14-15,24-25,42H,2-3,7,10-13,16-20H2,1,4-6H3,(H2,33,38)(H,34,40)(H,35,39)(H,36,41)/b22-14+,23-15+/t24-,25?,30?,31?/m0/s1. The molecule has 11 heteroatoms. The summed E-state index contributed by atoms with van der Waals surface area (Å²) in [6, 6.07) is -1.06. The second-order valence-corrected chi connectivity index (χ2v) is 12.1. The molecule has 0 aliphatic heterocycles. The van der Waals surface area contributed by atoms with Crippen molar-refractivity contribution in [2.24, 2.45) is 16.6 Å². The van der Waals surface area contributed by atoms with E-state index in [0.717, 1.165) is 39.0 Å². The van der Waals surface area contributed by atoms with Crippen molar-refractivity contribution in [1.29, 1.82) is 0 Å². The molecular formula is C32H48N4O7. The van der Waals surface area contributed by atoms with Gasteiger partial charge >= 0.3 is 5.97 Å².